The molecule has 0 aliphatic carbocycles. The lowest BCUT2D eigenvalue weighted by Crippen LogP contribution is -1.92. The zero-order chi connectivity index (χ0) is 15.4. The van der Waals surface area contributed by atoms with E-state index in [-0.39, 0.29) is 0 Å². The molecular weight excluding hydrogens is 242 g/mol. The summed E-state index contributed by atoms with van der Waals surface area (Å²) >= 11 is 0. The maximum absolute atomic E-state index is 3.76. The number of benzene rings is 1. The predicted octanol–water partition coefficient (Wildman–Crippen LogP) is 6.25. The minimum atomic E-state index is 0.967. The van der Waals surface area contributed by atoms with Gasteiger partial charge in [0.15, 0.2) is 0 Å². The van der Waals surface area contributed by atoms with Gasteiger partial charge >= 0.3 is 0 Å². The van der Waals surface area contributed by atoms with E-state index in [1.165, 1.54) is 24.0 Å². The van der Waals surface area contributed by atoms with Crippen LogP contribution >= 0.6 is 0 Å². The van der Waals surface area contributed by atoms with Gasteiger partial charge in [-0.1, -0.05) is 68.8 Å². The first-order valence-electron chi connectivity index (χ1n) is 7.34. The fourth-order valence-corrected chi connectivity index (χ4v) is 1.59. The highest BCUT2D eigenvalue weighted by Crippen LogP contribution is 2.09. The summed E-state index contributed by atoms with van der Waals surface area (Å²) < 4.78 is 0. The van der Waals surface area contributed by atoms with Gasteiger partial charge in [0.25, 0.3) is 0 Å². The van der Waals surface area contributed by atoms with Gasteiger partial charge in [-0.2, -0.15) is 0 Å². The van der Waals surface area contributed by atoms with Gasteiger partial charge < -0.3 is 5.32 Å². The molecule has 0 aromatic heterocycles. The van der Waals surface area contributed by atoms with E-state index in [0.29, 0.717) is 0 Å². The van der Waals surface area contributed by atoms with Crippen LogP contribution in [-0.2, 0) is 0 Å². The lowest BCUT2D eigenvalue weighted by atomic mass is 10.1. The second-order valence-corrected chi connectivity index (χ2v) is 4.90. The number of unbranched alkanes of at least 4 members (excludes halogenated alkanes) is 1. The average molecular weight is 271 g/mol. The Hall–Kier alpha value is -1.76. The summed E-state index contributed by atoms with van der Waals surface area (Å²) in [5.74, 6) is 0. The molecule has 1 nitrogen and oxygen atoms in total. The number of anilines is 1. The highest BCUT2D eigenvalue weighted by Gasteiger charge is 1.88. The van der Waals surface area contributed by atoms with Crippen LogP contribution in [0.15, 0.2) is 60.8 Å². The molecule has 0 atom stereocenters. The van der Waals surface area contributed by atoms with Crippen LogP contribution in [0.25, 0.3) is 0 Å². The van der Waals surface area contributed by atoms with Gasteiger partial charge in [-0.15, -0.1) is 0 Å². The fraction of sp³-hybridized carbons (Fsp3) is 0.368. The third-order valence-corrected chi connectivity index (χ3v) is 2.77. The van der Waals surface area contributed by atoms with E-state index in [1.807, 2.05) is 25.1 Å². The van der Waals surface area contributed by atoms with Crippen molar-refractivity contribution in [1.82, 2.24) is 0 Å². The largest absolute Gasteiger partial charge is 0.360 e. The first-order valence-corrected chi connectivity index (χ1v) is 7.34. The van der Waals surface area contributed by atoms with Gasteiger partial charge in [0, 0.05) is 11.4 Å². The molecule has 0 fully saturated rings. The van der Waals surface area contributed by atoms with Crippen LogP contribution in [0, 0.1) is 6.92 Å². The SMILES string of the molecule is C=C(C)Nc1ccc(C)cc1.C=C/C(=C\CCC)CC. The summed E-state index contributed by atoms with van der Waals surface area (Å²) in [6.07, 6.45) is 7.73. The fourth-order valence-electron chi connectivity index (χ4n) is 1.59. The summed E-state index contributed by atoms with van der Waals surface area (Å²) in [7, 11) is 0. The van der Waals surface area contributed by atoms with E-state index in [2.05, 4.69) is 57.5 Å². The van der Waals surface area contributed by atoms with Crippen LogP contribution in [-0.4, -0.2) is 0 Å². The minimum Gasteiger partial charge on any atom is -0.360 e. The van der Waals surface area contributed by atoms with Gasteiger partial charge in [0.2, 0.25) is 0 Å². The topological polar surface area (TPSA) is 12.0 Å². The molecule has 20 heavy (non-hydrogen) atoms. The van der Waals surface area contributed by atoms with E-state index in [0.717, 1.165) is 17.8 Å². The summed E-state index contributed by atoms with van der Waals surface area (Å²) in [6, 6.07) is 8.24. The van der Waals surface area contributed by atoms with Crippen LogP contribution in [0.3, 0.4) is 0 Å². The Morgan fingerprint density at radius 2 is 1.80 bits per heavy atom. The molecule has 0 amide bonds. The number of rotatable bonds is 6. The van der Waals surface area contributed by atoms with Gasteiger partial charge in [-0.3, -0.25) is 0 Å². The van der Waals surface area contributed by atoms with Crippen molar-refractivity contribution >= 4 is 5.69 Å². The predicted molar refractivity (Wildman–Crippen MR) is 93.1 cm³/mol. The highest BCUT2D eigenvalue weighted by atomic mass is 14.9. The molecule has 1 N–H and O–H groups in total. The van der Waals surface area contributed by atoms with E-state index in [1.54, 1.807) is 0 Å². The summed E-state index contributed by atoms with van der Waals surface area (Å²) in [5, 5.41) is 3.14. The normalized spacial score (nSPS) is 10.3. The molecule has 0 heterocycles. The molecule has 1 rings (SSSR count). The lowest BCUT2D eigenvalue weighted by molar-refractivity contribution is 0.942. The molecule has 0 aliphatic heterocycles. The number of nitrogens with one attached hydrogen (secondary N) is 1. The summed E-state index contributed by atoms with van der Waals surface area (Å²) in [6.45, 7) is 15.8. The Labute approximate surface area is 125 Å². The summed E-state index contributed by atoms with van der Waals surface area (Å²) in [4.78, 5) is 0. The minimum absolute atomic E-state index is 0.967. The van der Waals surface area contributed by atoms with Crippen molar-refractivity contribution in [1.29, 1.82) is 0 Å². The number of aryl methyl sites for hydroxylation is 1. The zero-order valence-electron chi connectivity index (χ0n) is 13.5. The van der Waals surface area contributed by atoms with Crippen molar-refractivity contribution < 1.29 is 0 Å². The third kappa shape index (κ3) is 9.21. The quantitative estimate of drug-likeness (QED) is 0.603. The van der Waals surface area contributed by atoms with Crippen LogP contribution < -0.4 is 5.32 Å². The number of allylic oxidation sites excluding steroid dienone is 4. The molecule has 0 bridgehead atoms. The standard InChI is InChI=1S/C10H13N.C9H16/c1-8(2)11-10-6-4-9(3)5-7-10;1-4-7-8-9(5-2)6-3/h4-7,11H,1H2,2-3H3;5,8H,2,4,6-7H2,1,3H3/b;9-8+. The molecule has 0 spiro atoms. The van der Waals surface area contributed by atoms with Gasteiger partial charge in [0.05, 0.1) is 0 Å². The van der Waals surface area contributed by atoms with E-state index in [9.17, 15) is 0 Å². The Balaban J connectivity index is 0.000000370. The van der Waals surface area contributed by atoms with Gasteiger partial charge in [-0.05, 0) is 38.8 Å². The zero-order valence-corrected chi connectivity index (χ0v) is 13.5. The number of hydrogen-bond donors (Lipinski definition) is 1. The van der Waals surface area contributed by atoms with Crippen molar-refractivity contribution in [3.05, 3.63) is 66.4 Å². The van der Waals surface area contributed by atoms with Crippen molar-refractivity contribution in [2.75, 3.05) is 5.32 Å². The lowest BCUT2D eigenvalue weighted by Gasteiger charge is -2.04. The Morgan fingerprint density at radius 1 is 1.20 bits per heavy atom. The maximum Gasteiger partial charge on any atom is 0.0381 e. The van der Waals surface area contributed by atoms with Crippen LogP contribution in [0.2, 0.25) is 0 Å². The monoisotopic (exact) mass is 271 g/mol. The van der Waals surface area contributed by atoms with Crippen LogP contribution in [0.1, 0.15) is 45.6 Å². The third-order valence-electron chi connectivity index (χ3n) is 2.77. The first kappa shape index (κ1) is 18.2. The van der Waals surface area contributed by atoms with Crippen molar-refractivity contribution in [2.45, 2.75) is 47.0 Å². The smallest absolute Gasteiger partial charge is 0.0381 e. The van der Waals surface area contributed by atoms with Crippen molar-refractivity contribution in [3.8, 4) is 0 Å². The van der Waals surface area contributed by atoms with Crippen LogP contribution in [0.5, 0.6) is 0 Å². The number of hydrogen-bond acceptors (Lipinski definition) is 1. The van der Waals surface area contributed by atoms with Gasteiger partial charge in [-0.25, -0.2) is 0 Å². The molecule has 0 radical (unpaired) electrons. The Kier molecular flexibility index (Phi) is 10.1. The second-order valence-electron chi connectivity index (χ2n) is 4.90. The van der Waals surface area contributed by atoms with E-state index < -0.39 is 0 Å². The highest BCUT2D eigenvalue weighted by molar-refractivity contribution is 5.48. The molecular formula is C19H29N. The molecule has 0 saturated heterocycles. The van der Waals surface area contributed by atoms with Crippen molar-refractivity contribution in [3.63, 3.8) is 0 Å². The first-order chi connectivity index (χ1) is 9.53. The van der Waals surface area contributed by atoms with E-state index >= 15 is 0 Å². The second kappa shape index (κ2) is 11.1. The molecule has 1 aromatic carbocycles. The Bertz CT molecular complexity index is 424. The van der Waals surface area contributed by atoms with Gasteiger partial charge in [0.1, 0.15) is 0 Å². The maximum atomic E-state index is 3.76. The molecule has 110 valence electrons. The molecule has 1 aromatic rings. The molecule has 0 saturated carbocycles. The molecule has 0 aliphatic rings. The average Bonchev–Trinajstić information content (AvgIpc) is 2.43. The molecule has 0 unspecified atom stereocenters. The van der Waals surface area contributed by atoms with E-state index in [4.69, 9.17) is 0 Å². The Morgan fingerprint density at radius 3 is 2.20 bits per heavy atom. The van der Waals surface area contributed by atoms with Crippen LogP contribution in [0.4, 0.5) is 5.69 Å². The van der Waals surface area contributed by atoms with Crippen molar-refractivity contribution in [2.24, 2.45) is 0 Å². The summed E-state index contributed by atoms with van der Waals surface area (Å²) in [5.41, 5.74) is 4.71. The molecule has 1 heteroatoms.